The van der Waals surface area contributed by atoms with Gasteiger partial charge in [-0.05, 0) is 50.5 Å². The van der Waals surface area contributed by atoms with Crippen LogP contribution in [0.1, 0.15) is 52.9 Å². The summed E-state index contributed by atoms with van der Waals surface area (Å²) in [6.45, 7) is 8.16. The fraction of sp³-hybridized carbons (Fsp3) is 0.762. The first-order valence-corrected chi connectivity index (χ1v) is 10.4. The predicted molar refractivity (Wildman–Crippen MR) is 114 cm³/mol. The molecule has 30 heavy (non-hydrogen) atoms. The Morgan fingerprint density at radius 1 is 1.13 bits per heavy atom. The van der Waals surface area contributed by atoms with Crippen LogP contribution < -0.4 is 11.5 Å². The highest BCUT2D eigenvalue weighted by Gasteiger charge is 2.66. The van der Waals surface area contributed by atoms with Gasteiger partial charge in [-0.3, -0.25) is 0 Å². The zero-order chi connectivity index (χ0) is 23.0. The van der Waals surface area contributed by atoms with Gasteiger partial charge < -0.3 is 31.6 Å². The highest BCUT2D eigenvalue weighted by molar-refractivity contribution is 6.27. The van der Waals surface area contributed by atoms with Crippen LogP contribution in [0.2, 0.25) is 0 Å². The second-order valence-electron chi connectivity index (χ2n) is 8.55. The average molecular weight is 428 g/mol. The van der Waals surface area contributed by atoms with Crippen molar-refractivity contribution in [3.8, 4) is 0 Å². The van der Waals surface area contributed by atoms with Crippen LogP contribution >= 0.6 is 0 Å². The normalized spacial score (nSPS) is 35.7. The number of allylic oxidation sites excluding steroid dienone is 1. The van der Waals surface area contributed by atoms with Crippen molar-refractivity contribution < 1.29 is 29.7 Å². The SMILES string of the molecule is CC1[C@@H](C)CC[C@]2(C)[C@](C=CCCN)(C=NOCCN)CC[C@]12O.O=C(O)C(=O)O. The third kappa shape index (κ3) is 5.19. The van der Waals surface area contributed by atoms with Crippen LogP contribution in [0.5, 0.6) is 0 Å². The minimum Gasteiger partial charge on any atom is -0.473 e. The van der Waals surface area contributed by atoms with Crippen molar-refractivity contribution in [3.05, 3.63) is 12.2 Å². The number of hydrogen-bond acceptors (Lipinski definition) is 7. The Morgan fingerprint density at radius 3 is 2.30 bits per heavy atom. The first-order chi connectivity index (χ1) is 14.0. The number of carboxylic acids is 2. The topological polar surface area (TPSA) is 168 Å². The summed E-state index contributed by atoms with van der Waals surface area (Å²) in [5, 5.41) is 30.6. The molecule has 0 aromatic heterocycles. The fourth-order valence-electron chi connectivity index (χ4n) is 4.91. The number of rotatable bonds is 7. The second-order valence-corrected chi connectivity index (χ2v) is 8.55. The van der Waals surface area contributed by atoms with Gasteiger partial charge in [0.05, 0.1) is 11.8 Å². The van der Waals surface area contributed by atoms with E-state index in [1.807, 2.05) is 6.21 Å². The molecule has 5 atom stereocenters. The van der Waals surface area contributed by atoms with Gasteiger partial charge in [0.1, 0.15) is 6.61 Å². The second kappa shape index (κ2) is 10.9. The summed E-state index contributed by atoms with van der Waals surface area (Å²) in [4.78, 5) is 23.5. The molecule has 0 aliphatic heterocycles. The number of aliphatic hydroxyl groups is 1. The quantitative estimate of drug-likeness (QED) is 0.134. The Hall–Kier alpha value is -1.97. The van der Waals surface area contributed by atoms with Crippen LogP contribution in [0, 0.1) is 22.7 Å². The molecular weight excluding hydrogens is 390 g/mol. The molecule has 1 unspecified atom stereocenters. The monoisotopic (exact) mass is 427 g/mol. The Morgan fingerprint density at radius 2 is 1.77 bits per heavy atom. The molecule has 0 aromatic rings. The largest absolute Gasteiger partial charge is 0.473 e. The summed E-state index contributed by atoms with van der Waals surface area (Å²) in [6, 6.07) is 0. The highest BCUT2D eigenvalue weighted by Crippen LogP contribution is 2.66. The highest BCUT2D eigenvalue weighted by atomic mass is 16.6. The number of hydrogen-bond donors (Lipinski definition) is 5. The van der Waals surface area contributed by atoms with Crippen molar-refractivity contribution in [2.75, 3.05) is 19.7 Å². The molecule has 2 rings (SSSR count). The number of nitrogens with zero attached hydrogens (tertiary/aromatic N) is 1. The third-order valence-electron chi connectivity index (χ3n) is 7.11. The van der Waals surface area contributed by atoms with Crippen LogP contribution in [-0.2, 0) is 14.4 Å². The maximum atomic E-state index is 11.6. The Balaban J connectivity index is 0.000000656. The van der Waals surface area contributed by atoms with E-state index < -0.39 is 17.5 Å². The average Bonchev–Trinajstić information content (AvgIpc) is 2.93. The van der Waals surface area contributed by atoms with Gasteiger partial charge in [0, 0.05) is 17.4 Å². The van der Waals surface area contributed by atoms with Crippen molar-refractivity contribution >= 4 is 18.2 Å². The van der Waals surface area contributed by atoms with E-state index in [-0.39, 0.29) is 16.7 Å². The van der Waals surface area contributed by atoms with Crippen LogP contribution in [0.15, 0.2) is 17.3 Å². The maximum Gasteiger partial charge on any atom is 0.414 e. The minimum atomic E-state index is -1.82. The van der Waals surface area contributed by atoms with E-state index in [0.717, 1.165) is 32.1 Å². The van der Waals surface area contributed by atoms with E-state index in [4.69, 9.17) is 36.1 Å². The summed E-state index contributed by atoms with van der Waals surface area (Å²) >= 11 is 0. The van der Waals surface area contributed by atoms with Gasteiger partial charge in [0.25, 0.3) is 0 Å². The van der Waals surface area contributed by atoms with Gasteiger partial charge in [0.15, 0.2) is 0 Å². The lowest BCUT2D eigenvalue weighted by Gasteiger charge is -2.55. The van der Waals surface area contributed by atoms with E-state index in [9.17, 15) is 5.11 Å². The van der Waals surface area contributed by atoms with Gasteiger partial charge in [0.2, 0.25) is 0 Å². The van der Waals surface area contributed by atoms with E-state index >= 15 is 0 Å². The number of aliphatic carboxylic acids is 2. The lowest BCUT2D eigenvalue weighted by atomic mass is 9.52. The minimum absolute atomic E-state index is 0.243. The van der Waals surface area contributed by atoms with Crippen LogP contribution in [0.25, 0.3) is 0 Å². The molecule has 0 saturated heterocycles. The number of nitrogens with two attached hydrogens (primary N) is 2. The smallest absolute Gasteiger partial charge is 0.414 e. The van der Waals surface area contributed by atoms with Crippen LogP contribution in [0.3, 0.4) is 0 Å². The molecule has 0 aromatic carbocycles. The molecule has 0 radical (unpaired) electrons. The lowest BCUT2D eigenvalue weighted by molar-refractivity contribution is -0.159. The van der Waals surface area contributed by atoms with E-state index in [1.165, 1.54) is 0 Å². The number of carboxylic acid groups (broad SMARTS) is 2. The van der Waals surface area contributed by atoms with Gasteiger partial charge in [-0.2, -0.15) is 0 Å². The molecule has 7 N–H and O–H groups in total. The molecule has 2 saturated carbocycles. The van der Waals surface area contributed by atoms with Gasteiger partial charge in [-0.25, -0.2) is 9.59 Å². The first kappa shape index (κ1) is 26.1. The Bertz CT molecular complexity index is 643. The van der Waals surface area contributed by atoms with Gasteiger partial charge in [-0.1, -0.05) is 38.1 Å². The molecule has 172 valence electrons. The molecule has 0 bridgehead atoms. The molecule has 2 aliphatic carbocycles. The third-order valence-corrected chi connectivity index (χ3v) is 7.11. The summed E-state index contributed by atoms with van der Waals surface area (Å²) in [6.07, 6.45) is 10.9. The molecule has 2 fully saturated rings. The molecule has 9 nitrogen and oxygen atoms in total. The molecule has 9 heteroatoms. The summed E-state index contributed by atoms with van der Waals surface area (Å²) < 4.78 is 0. The first-order valence-electron chi connectivity index (χ1n) is 10.4. The maximum absolute atomic E-state index is 11.6. The zero-order valence-corrected chi connectivity index (χ0v) is 18.2. The standard InChI is InChI=1S/C19H35N3O2.C2H2O4/c1-15-6-8-17(3)18(7-4-5-11-20,14-22-24-13-12-21)9-10-19(17,23)16(15)2;3-1(4)2(5)6/h4,7,14-16,23H,5-6,8-13,20-21H2,1-3H3;(H,3,4)(H,5,6)/t15-,16?,17+,18-,19-;/m0./s1. The van der Waals surface area contributed by atoms with Crippen molar-refractivity contribution in [2.24, 2.45) is 39.3 Å². The van der Waals surface area contributed by atoms with Crippen molar-refractivity contribution in [2.45, 2.75) is 58.5 Å². The van der Waals surface area contributed by atoms with Crippen molar-refractivity contribution in [1.29, 1.82) is 0 Å². The summed E-state index contributed by atoms with van der Waals surface area (Å²) in [5.74, 6) is -2.83. The molecule has 0 heterocycles. The number of carbonyl (C=O) groups is 2. The molecule has 2 aliphatic rings. The number of oxime groups is 1. The van der Waals surface area contributed by atoms with E-state index in [2.05, 4.69) is 38.1 Å². The van der Waals surface area contributed by atoms with Crippen molar-refractivity contribution in [3.63, 3.8) is 0 Å². The van der Waals surface area contributed by atoms with E-state index in [1.54, 1.807) is 0 Å². The van der Waals surface area contributed by atoms with Gasteiger partial charge >= 0.3 is 11.9 Å². The molecule has 0 spiro atoms. The lowest BCUT2D eigenvalue weighted by Crippen LogP contribution is -2.58. The van der Waals surface area contributed by atoms with Gasteiger partial charge in [-0.15, -0.1) is 0 Å². The Kier molecular flexibility index (Phi) is 9.45. The Labute approximate surface area is 178 Å². The van der Waals surface area contributed by atoms with Crippen molar-refractivity contribution in [1.82, 2.24) is 0 Å². The predicted octanol–water partition coefficient (Wildman–Crippen LogP) is 1.59. The van der Waals surface area contributed by atoms with E-state index in [0.29, 0.717) is 25.6 Å². The molecule has 0 amide bonds. The summed E-state index contributed by atoms with van der Waals surface area (Å²) in [5.41, 5.74) is 9.92. The molecular formula is C21H37N3O6. The number of fused-ring (bicyclic) bond motifs is 1. The summed E-state index contributed by atoms with van der Waals surface area (Å²) in [7, 11) is 0. The zero-order valence-electron chi connectivity index (χ0n) is 18.2. The fourth-order valence-corrected chi connectivity index (χ4v) is 4.91. The van der Waals surface area contributed by atoms with Crippen LogP contribution in [0.4, 0.5) is 0 Å². The van der Waals surface area contributed by atoms with Crippen LogP contribution in [-0.4, -0.2) is 58.8 Å².